The zero-order valence-electron chi connectivity index (χ0n) is 41.0. The zero-order chi connectivity index (χ0) is 45.5. The molecule has 12 rings (SSSR count). The first kappa shape index (κ1) is 41.6. The number of para-hydroxylation sites is 1. The van der Waals surface area contributed by atoms with Crippen molar-refractivity contribution >= 4 is 79.8 Å². The summed E-state index contributed by atoms with van der Waals surface area (Å²) in [5.74, 6) is 0. The standard InChI is InChI=1S/C60H65BN2OS/c1-35-29-47-53-48(30-35)63(45-18-16-20-50-52(45)38-17-14-15-19-49(38)64-50)60(13)43-31-39-42(59(11,12)28-25-56(39,5)6)34-51(43)65-54(60)61(53)44-32-40-41(58(9,10)27-26-57(40,7)8)33-46(44)62(47)37-23-21-36(22-24-37)55(2,3)4/h14-24,29-34,54H,25-28H2,1-13H3. The number of anilines is 5. The van der Waals surface area contributed by atoms with Crippen LogP contribution in [0.4, 0.5) is 28.4 Å². The number of hydrogen-bond acceptors (Lipinski definition) is 4. The van der Waals surface area contributed by atoms with Crippen molar-refractivity contribution < 1.29 is 4.42 Å². The highest BCUT2D eigenvalue weighted by atomic mass is 32.2. The van der Waals surface area contributed by atoms with Gasteiger partial charge in [0.1, 0.15) is 11.2 Å². The van der Waals surface area contributed by atoms with Crippen molar-refractivity contribution in [2.75, 3.05) is 9.80 Å². The lowest BCUT2D eigenvalue weighted by Crippen LogP contribution is -2.68. The molecule has 6 aromatic carbocycles. The number of hydrogen-bond donors (Lipinski definition) is 0. The molecule has 330 valence electrons. The smallest absolute Gasteiger partial charge is 0.234 e. The molecule has 3 nitrogen and oxygen atoms in total. The van der Waals surface area contributed by atoms with Crippen LogP contribution in [0, 0.1) is 6.92 Å². The molecule has 0 radical (unpaired) electrons. The average Bonchev–Trinajstić information content (AvgIpc) is 3.78. The lowest BCUT2D eigenvalue weighted by Gasteiger charge is -2.55. The van der Waals surface area contributed by atoms with E-state index in [1.165, 1.54) is 120 Å². The second kappa shape index (κ2) is 13.2. The summed E-state index contributed by atoms with van der Waals surface area (Å²) in [6, 6.07) is 40.7. The molecule has 0 spiro atoms. The van der Waals surface area contributed by atoms with Crippen LogP contribution in [0.15, 0.2) is 112 Å². The number of rotatable bonds is 2. The molecule has 5 heteroatoms. The summed E-state index contributed by atoms with van der Waals surface area (Å²) in [6.45, 7) is 31.9. The van der Waals surface area contributed by atoms with E-state index < -0.39 is 5.54 Å². The largest absolute Gasteiger partial charge is 0.456 e. The molecule has 0 amide bonds. The van der Waals surface area contributed by atoms with Crippen LogP contribution in [-0.2, 0) is 32.6 Å². The van der Waals surface area contributed by atoms with E-state index in [9.17, 15) is 0 Å². The topological polar surface area (TPSA) is 19.6 Å². The summed E-state index contributed by atoms with van der Waals surface area (Å²) < 4.78 is 6.71. The summed E-state index contributed by atoms with van der Waals surface area (Å²) in [5.41, 5.74) is 21.4. The molecule has 7 aromatic rings. The van der Waals surface area contributed by atoms with Gasteiger partial charge in [-0.05, 0) is 171 Å². The van der Waals surface area contributed by atoms with Crippen LogP contribution in [0.1, 0.15) is 148 Å². The number of furan rings is 1. The van der Waals surface area contributed by atoms with Crippen molar-refractivity contribution in [3.8, 4) is 0 Å². The first-order valence-corrected chi connectivity index (χ1v) is 25.3. The van der Waals surface area contributed by atoms with E-state index in [1.807, 2.05) is 0 Å². The first-order chi connectivity index (χ1) is 30.6. The molecule has 2 atom stereocenters. The van der Waals surface area contributed by atoms with E-state index in [4.69, 9.17) is 4.42 Å². The molecule has 2 aliphatic carbocycles. The minimum Gasteiger partial charge on any atom is -0.456 e. The predicted molar refractivity (Wildman–Crippen MR) is 279 cm³/mol. The molecular weight excluding hydrogens is 808 g/mol. The summed E-state index contributed by atoms with van der Waals surface area (Å²) in [7, 11) is 0. The second-order valence-electron chi connectivity index (χ2n) is 24.5. The Morgan fingerprint density at radius 1 is 0.585 bits per heavy atom. The maximum Gasteiger partial charge on any atom is 0.234 e. The number of aryl methyl sites for hydroxylation is 1. The highest BCUT2D eigenvalue weighted by Crippen LogP contribution is 2.63. The Morgan fingerprint density at radius 3 is 1.83 bits per heavy atom. The van der Waals surface area contributed by atoms with Gasteiger partial charge >= 0.3 is 0 Å². The lowest BCUT2D eigenvalue weighted by atomic mass is 9.31. The fourth-order valence-corrected chi connectivity index (χ4v) is 14.9. The molecular formula is C60H65BN2OS. The average molecular weight is 873 g/mol. The molecule has 0 N–H and O–H groups in total. The van der Waals surface area contributed by atoms with Gasteiger partial charge in [0.05, 0.1) is 16.6 Å². The van der Waals surface area contributed by atoms with E-state index in [1.54, 1.807) is 0 Å². The van der Waals surface area contributed by atoms with Gasteiger partial charge in [-0.15, -0.1) is 11.8 Å². The second-order valence-corrected chi connectivity index (χ2v) is 25.7. The fraction of sp³-hybridized carbons (Fsp3) is 0.400. The van der Waals surface area contributed by atoms with Crippen LogP contribution in [0.2, 0.25) is 0 Å². The molecule has 2 unspecified atom stereocenters. The van der Waals surface area contributed by atoms with Gasteiger partial charge in [0.25, 0.3) is 0 Å². The van der Waals surface area contributed by atoms with Gasteiger partial charge < -0.3 is 14.2 Å². The van der Waals surface area contributed by atoms with Gasteiger partial charge in [-0.3, -0.25) is 0 Å². The highest BCUT2D eigenvalue weighted by molar-refractivity contribution is 8.02. The Hall–Kier alpha value is -4.87. The molecule has 0 saturated heterocycles. The Balaban J connectivity index is 1.22. The van der Waals surface area contributed by atoms with Crippen molar-refractivity contribution in [3.63, 3.8) is 0 Å². The van der Waals surface area contributed by atoms with Crippen LogP contribution in [-0.4, -0.2) is 11.9 Å². The molecule has 1 aromatic heterocycles. The first-order valence-electron chi connectivity index (χ1n) is 24.4. The van der Waals surface area contributed by atoms with Gasteiger partial charge in [-0.2, -0.15) is 0 Å². The van der Waals surface area contributed by atoms with Gasteiger partial charge in [0.2, 0.25) is 6.71 Å². The van der Waals surface area contributed by atoms with E-state index in [0.717, 1.165) is 11.2 Å². The molecule has 4 heterocycles. The maximum absolute atomic E-state index is 6.71. The van der Waals surface area contributed by atoms with Crippen molar-refractivity contribution in [1.29, 1.82) is 0 Å². The number of thioether (sulfide) groups is 1. The number of benzene rings is 6. The summed E-state index contributed by atoms with van der Waals surface area (Å²) >= 11 is 2.16. The van der Waals surface area contributed by atoms with Gasteiger partial charge in [-0.1, -0.05) is 125 Å². The monoisotopic (exact) mass is 872 g/mol. The highest BCUT2D eigenvalue weighted by Gasteiger charge is 2.61. The lowest BCUT2D eigenvalue weighted by molar-refractivity contribution is 0.330. The minimum atomic E-state index is -0.416. The van der Waals surface area contributed by atoms with E-state index in [-0.39, 0.29) is 38.9 Å². The van der Waals surface area contributed by atoms with Crippen molar-refractivity contribution in [2.45, 2.75) is 158 Å². The Morgan fingerprint density at radius 2 is 1.17 bits per heavy atom. The normalized spacial score (nSPS) is 22.8. The van der Waals surface area contributed by atoms with E-state index in [0.29, 0.717) is 0 Å². The summed E-state index contributed by atoms with van der Waals surface area (Å²) in [4.78, 5) is 6.92. The van der Waals surface area contributed by atoms with Crippen LogP contribution in [0.25, 0.3) is 21.9 Å². The minimum absolute atomic E-state index is 0.0577. The third kappa shape index (κ3) is 5.69. The summed E-state index contributed by atoms with van der Waals surface area (Å²) in [6.07, 6.45) is 4.76. The molecule has 5 aliphatic rings. The Bertz CT molecular complexity index is 3180. The number of fused-ring (bicyclic) bond motifs is 11. The van der Waals surface area contributed by atoms with Crippen LogP contribution in [0.3, 0.4) is 0 Å². The van der Waals surface area contributed by atoms with Crippen molar-refractivity contribution in [2.24, 2.45) is 0 Å². The van der Waals surface area contributed by atoms with Crippen molar-refractivity contribution in [3.05, 3.63) is 142 Å². The van der Waals surface area contributed by atoms with Crippen LogP contribution in [0.5, 0.6) is 0 Å². The van der Waals surface area contributed by atoms with E-state index >= 15 is 0 Å². The predicted octanol–water partition coefficient (Wildman–Crippen LogP) is 15.4. The van der Waals surface area contributed by atoms with Gasteiger partial charge in [-0.25, -0.2) is 0 Å². The van der Waals surface area contributed by atoms with Gasteiger partial charge in [0, 0.05) is 38.2 Å². The fourth-order valence-electron chi connectivity index (χ4n) is 13.2. The van der Waals surface area contributed by atoms with Crippen LogP contribution < -0.4 is 20.7 Å². The third-order valence-electron chi connectivity index (χ3n) is 17.3. The number of nitrogens with zero attached hydrogens (tertiary/aromatic N) is 2. The maximum atomic E-state index is 6.71. The Kier molecular flexibility index (Phi) is 8.43. The summed E-state index contributed by atoms with van der Waals surface area (Å²) in [5, 5.41) is 2.54. The van der Waals surface area contributed by atoms with E-state index in [2.05, 4.69) is 215 Å². The van der Waals surface area contributed by atoms with Crippen molar-refractivity contribution in [1.82, 2.24) is 0 Å². The van der Waals surface area contributed by atoms with Gasteiger partial charge in [0.15, 0.2) is 0 Å². The molecule has 0 bridgehead atoms. The third-order valence-corrected chi connectivity index (χ3v) is 18.9. The SMILES string of the molecule is Cc1cc2c3c(c1)N(c1cccc4oc5ccccc5c14)C1(C)c4cc5c(cc4SC1B3c1cc3c(cc1N2c1ccc(C(C)(C)C)cc1)C(C)(C)CCC3(C)C)C(C)(C)CCC5(C)C. The van der Waals surface area contributed by atoms with Crippen LogP contribution >= 0.6 is 11.8 Å². The molecule has 0 fully saturated rings. The quantitative estimate of drug-likeness (QED) is 0.161. The molecule has 65 heavy (non-hydrogen) atoms. The zero-order valence-corrected chi connectivity index (χ0v) is 41.8. The molecule has 3 aliphatic heterocycles. The Labute approximate surface area is 392 Å². The molecule has 0 saturated carbocycles.